The molecule has 1 aliphatic heterocycles. The molecule has 0 N–H and O–H groups in total. The number of anilines is 1. The summed E-state index contributed by atoms with van der Waals surface area (Å²) >= 11 is 18.9. The largest absolute Gasteiger partial charge is 0.488 e. The first-order valence-electron chi connectivity index (χ1n) is 9.02. The van der Waals surface area contributed by atoms with Crippen LogP contribution in [0.3, 0.4) is 0 Å². The van der Waals surface area contributed by atoms with Crippen molar-refractivity contribution in [3.05, 3.63) is 98.9 Å². The van der Waals surface area contributed by atoms with Gasteiger partial charge in [-0.2, -0.15) is 0 Å². The molecule has 0 bridgehead atoms. The van der Waals surface area contributed by atoms with Gasteiger partial charge in [0, 0.05) is 21.2 Å². The lowest BCUT2D eigenvalue weighted by Gasteiger charge is -2.14. The molecule has 150 valence electrons. The summed E-state index contributed by atoms with van der Waals surface area (Å²) in [5.74, 6) is 0.500. The lowest BCUT2D eigenvalue weighted by molar-refractivity contribution is -0.113. The van der Waals surface area contributed by atoms with Gasteiger partial charge in [0.15, 0.2) is 4.32 Å². The maximum absolute atomic E-state index is 13.0. The number of hydrogen-bond donors (Lipinski definition) is 0. The molecular formula is C23H15Cl2NO2S2. The number of amides is 1. The van der Waals surface area contributed by atoms with Crippen LogP contribution >= 0.6 is 47.2 Å². The Balaban J connectivity index is 1.57. The van der Waals surface area contributed by atoms with E-state index in [4.69, 9.17) is 40.2 Å². The van der Waals surface area contributed by atoms with Gasteiger partial charge < -0.3 is 4.74 Å². The molecule has 0 radical (unpaired) electrons. The number of hydrogen-bond acceptors (Lipinski definition) is 4. The highest BCUT2D eigenvalue weighted by atomic mass is 35.5. The Hall–Kier alpha value is -2.31. The maximum atomic E-state index is 13.0. The Kier molecular flexibility index (Phi) is 6.44. The van der Waals surface area contributed by atoms with E-state index in [0.29, 0.717) is 25.0 Å². The Bertz CT molecular complexity index is 1150. The fourth-order valence-corrected chi connectivity index (χ4v) is 4.69. The highest BCUT2D eigenvalue weighted by Gasteiger charge is 2.33. The zero-order valence-electron chi connectivity index (χ0n) is 15.5. The van der Waals surface area contributed by atoms with Crippen LogP contribution in [0.2, 0.25) is 10.0 Å². The summed E-state index contributed by atoms with van der Waals surface area (Å²) in [4.78, 5) is 15.1. The second-order valence-electron chi connectivity index (χ2n) is 6.41. The number of para-hydroxylation sites is 2. The van der Waals surface area contributed by atoms with Gasteiger partial charge in [-0.05, 0) is 36.4 Å². The van der Waals surface area contributed by atoms with Gasteiger partial charge in [0.25, 0.3) is 5.91 Å². The monoisotopic (exact) mass is 471 g/mol. The van der Waals surface area contributed by atoms with Crippen LogP contribution in [-0.2, 0) is 11.4 Å². The number of carbonyl (C=O) groups excluding carboxylic acids is 1. The fraction of sp³-hybridized carbons (Fsp3) is 0.0435. The number of halogens is 2. The van der Waals surface area contributed by atoms with Gasteiger partial charge in [0.2, 0.25) is 0 Å². The van der Waals surface area contributed by atoms with Crippen LogP contribution in [0.4, 0.5) is 5.69 Å². The number of ether oxygens (including phenoxy) is 1. The van der Waals surface area contributed by atoms with Crippen molar-refractivity contribution in [2.45, 2.75) is 6.61 Å². The van der Waals surface area contributed by atoms with E-state index in [-0.39, 0.29) is 12.5 Å². The van der Waals surface area contributed by atoms with E-state index in [0.717, 1.165) is 16.8 Å². The van der Waals surface area contributed by atoms with Gasteiger partial charge in [-0.1, -0.05) is 89.6 Å². The van der Waals surface area contributed by atoms with E-state index < -0.39 is 0 Å². The molecule has 0 unspecified atom stereocenters. The molecule has 3 aromatic rings. The van der Waals surface area contributed by atoms with E-state index >= 15 is 0 Å². The van der Waals surface area contributed by atoms with Crippen molar-refractivity contribution >= 4 is 69.2 Å². The van der Waals surface area contributed by atoms with Crippen LogP contribution in [0.5, 0.6) is 5.75 Å². The molecule has 1 saturated heterocycles. The number of rotatable bonds is 5. The normalized spacial score (nSPS) is 15.1. The first-order valence-corrected chi connectivity index (χ1v) is 11.0. The second-order valence-corrected chi connectivity index (χ2v) is 8.93. The Morgan fingerprint density at radius 2 is 1.73 bits per heavy atom. The highest BCUT2D eigenvalue weighted by molar-refractivity contribution is 8.27. The number of nitrogens with zero attached hydrogens (tertiary/aromatic N) is 1. The van der Waals surface area contributed by atoms with Crippen molar-refractivity contribution in [1.82, 2.24) is 0 Å². The number of carbonyl (C=O) groups is 1. The molecule has 0 aromatic heterocycles. The van der Waals surface area contributed by atoms with E-state index in [1.807, 2.05) is 60.7 Å². The molecule has 7 heteroatoms. The van der Waals surface area contributed by atoms with Gasteiger partial charge in [-0.15, -0.1) is 0 Å². The zero-order valence-corrected chi connectivity index (χ0v) is 18.7. The van der Waals surface area contributed by atoms with Gasteiger partial charge in [0.05, 0.1) is 10.6 Å². The topological polar surface area (TPSA) is 29.5 Å². The summed E-state index contributed by atoms with van der Waals surface area (Å²) < 4.78 is 6.49. The molecule has 30 heavy (non-hydrogen) atoms. The first-order chi connectivity index (χ1) is 14.5. The van der Waals surface area contributed by atoms with Gasteiger partial charge in [0.1, 0.15) is 12.4 Å². The summed E-state index contributed by atoms with van der Waals surface area (Å²) in [7, 11) is 0. The second kappa shape index (κ2) is 9.23. The Morgan fingerprint density at radius 1 is 1.00 bits per heavy atom. The lowest BCUT2D eigenvalue weighted by atomic mass is 10.1. The van der Waals surface area contributed by atoms with E-state index in [1.54, 1.807) is 23.1 Å². The van der Waals surface area contributed by atoms with Crippen LogP contribution in [0.25, 0.3) is 6.08 Å². The average molecular weight is 472 g/mol. The van der Waals surface area contributed by atoms with Crippen molar-refractivity contribution in [1.29, 1.82) is 0 Å². The number of thioether (sulfide) groups is 1. The third-order valence-electron chi connectivity index (χ3n) is 4.41. The maximum Gasteiger partial charge on any atom is 0.270 e. The summed E-state index contributed by atoms with van der Waals surface area (Å²) in [6.45, 7) is 0.284. The number of benzene rings is 3. The standard InChI is InChI=1S/C23H15Cl2NO2S2/c24-17-11-10-16(19(25)13-17)14-28-20-9-5-4-6-15(20)12-21-22(27)26(23(29)30-21)18-7-2-1-3-8-18/h1-13H,14H2. The molecule has 0 spiro atoms. The smallest absolute Gasteiger partial charge is 0.270 e. The molecular weight excluding hydrogens is 457 g/mol. The third kappa shape index (κ3) is 4.55. The predicted octanol–water partition coefficient (Wildman–Crippen LogP) is 6.98. The molecule has 3 nitrogen and oxygen atoms in total. The van der Waals surface area contributed by atoms with Gasteiger partial charge in [-0.25, -0.2) is 0 Å². The number of thiocarbonyl (C=S) groups is 1. The lowest BCUT2D eigenvalue weighted by Crippen LogP contribution is -2.27. The Labute approximate surface area is 194 Å². The van der Waals surface area contributed by atoms with Crippen LogP contribution in [-0.4, -0.2) is 10.2 Å². The molecule has 1 aliphatic rings. The van der Waals surface area contributed by atoms with Crippen molar-refractivity contribution in [2.24, 2.45) is 0 Å². The molecule has 1 amide bonds. The van der Waals surface area contributed by atoms with E-state index in [2.05, 4.69) is 0 Å². The first kappa shape index (κ1) is 20.9. The minimum atomic E-state index is -0.147. The average Bonchev–Trinajstić information content (AvgIpc) is 3.02. The van der Waals surface area contributed by atoms with Gasteiger partial charge >= 0.3 is 0 Å². The van der Waals surface area contributed by atoms with Crippen LogP contribution in [0.1, 0.15) is 11.1 Å². The van der Waals surface area contributed by atoms with Crippen LogP contribution < -0.4 is 9.64 Å². The zero-order chi connectivity index (χ0) is 21.1. The quantitative estimate of drug-likeness (QED) is 0.296. The summed E-state index contributed by atoms with van der Waals surface area (Å²) in [6, 6.07) is 22.2. The summed E-state index contributed by atoms with van der Waals surface area (Å²) in [6.07, 6.45) is 1.81. The minimum Gasteiger partial charge on any atom is -0.488 e. The van der Waals surface area contributed by atoms with Crippen LogP contribution in [0, 0.1) is 0 Å². The summed E-state index contributed by atoms with van der Waals surface area (Å²) in [5, 5.41) is 1.12. The molecule has 0 aliphatic carbocycles. The van der Waals surface area contributed by atoms with Crippen LogP contribution in [0.15, 0.2) is 77.7 Å². The molecule has 3 aromatic carbocycles. The van der Waals surface area contributed by atoms with Gasteiger partial charge in [-0.3, -0.25) is 9.69 Å². The molecule has 1 fully saturated rings. The SMILES string of the molecule is O=C1C(=Cc2ccccc2OCc2ccc(Cl)cc2Cl)SC(=S)N1c1ccccc1. The van der Waals surface area contributed by atoms with Crippen molar-refractivity contribution in [3.63, 3.8) is 0 Å². The van der Waals surface area contributed by atoms with E-state index in [1.165, 1.54) is 11.8 Å². The summed E-state index contributed by atoms with van der Waals surface area (Å²) in [5.41, 5.74) is 2.37. The molecule has 0 atom stereocenters. The highest BCUT2D eigenvalue weighted by Crippen LogP contribution is 2.37. The Morgan fingerprint density at radius 3 is 2.50 bits per heavy atom. The minimum absolute atomic E-state index is 0.147. The van der Waals surface area contributed by atoms with Crippen molar-refractivity contribution in [3.8, 4) is 5.75 Å². The van der Waals surface area contributed by atoms with Crippen molar-refractivity contribution < 1.29 is 9.53 Å². The molecule has 1 heterocycles. The molecule has 0 saturated carbocycles. The predicted molar refractivity (Wildman–Crippen MR) is 129 cm³/mol. The van der Waals surface area contributed by atoms with Crippen molar-refractivity contribution in [2.75, 3.05) is 4.90 Å². The van der Waals surface area contributed by atoms with E-state index in [9.17, 15) is 4.79 Å². The molecule has 4 rings (SSSR count). The third-order valence-corrected chi connectivity index (χ3v) is 6.30. The fourth-order valence-electron chi connectivity index (χ4n) is 2.93.